The summed E-state index contributed by atoms with van der Waals surface area (Å²) < 4.78 is 84.0. The molecule has 0 spiro atoms. The Kier molecular flexibility index (Phi) is 25.3. The molecule has 12 aliphatic rings. The van der Waals surface area contributed by atoms with Crippen molar-refractivity contribution in [3.05, 3.63) is 11.6 Å². The second-order valence-corrected chi connectivity index (χ2v) is 34.1. The van der Waals surface area contributed by atoms with Gasteiger partial charge in [-0.1, -0.05) is 53.2 Å². The highest BCUT2D eigenvalue weighted by atomic mass is 16.8. The number of fused-ring (bicyclic) bond motifs is 7. The molecule has 43 atom stereocenters. The van der Waals surface area contributed by atoms with Crippen LogP contribution in [0, 0.1) is 50.2 Å². The Morgan fingerprint density at radius 3 is 1.56 bits per heavy atom. The third-order valence-electron chi connectivity index (χ3n) is 27.4. The number of hydrogen-bond donors (Lipinski definition) is 21. The number of allylic oxidation sites excluding steroid dienone is 2. The normalized spacial score (nSPS) is 55.1. The summed E-state index contributed by atoms with van der Waals surface area (Å²) in [6.07, 6.45) is -51.5. The van der Waals surface area contributed by atoms with Gasteiger partial charge in [0, 0.05) is 5.41 Å². The maximum absolute atomic E-state index is 15.4. The molecule has 0 aromatic rings. The summed E-state index contributed by atoms with van der Waals surface area (Å²) in [7, 11) is 0. The molecule has 0 aromatic carbocycles. The van der Waals surface area contributed by atoms with E-state index in [0.717, 1.165) is 5.57 Å². The minimum Gasteiger partial charge on any atom is -0.432 e. The van der Waals surface area contributed by atoms with Gasteiger partial charge in [0.25, 0.3) is 0 Å². The molecule has 0 aromatic heterocycles. The van der Waals surface area contributed by atoms with E-state index in [9.17, 15) is 107 Å². The first-order chi connectivity index (χ1) is 50.3. The maximum atomic E-state index is 15.4. The fourth-order valence-electron chi connectivity index (χ4n) is 20.5. The number of esters is 1. The molecule has 4 saturated carbocycles. The van der Waals surface area contributed by atoms with E-state index in [1.807, 2.05) is 6.92 Å². The van der Waals surface area contributed by atoms with Crippen molar-refractivity contribution in [2.75, 3.05) is 39.6 Å². The summed E-state index contributed by atoms with van der Waals surface area (Å²) in [5.41, 5.74) is -2.77. The van der Waals surface area contributed by atoms with Crippen molar-refractivity contribution in [3.8, 4) is 0 Å². The van der Waals surface area contributed by atoms with Crippen molar-refractivity contribution in [2.24, 2.45) is 50.2 Å². The molecular weight excluding hydrogens is 1430 g/mol. The van der Waals surface area contributed by atoms with E-state index >= 15 is 4.79 Å². The molecule has 21 N–H and O–H groups in total. The van der Waals surface area contributed by atoms with Crippen molar-refractivity contribution >= 4 is 5.97 Å². The lowest BCUT2D eigenvalue weighted by Crippen LogP contribution is -2.67. The highest BCUT2D eigenvalue weighted by Crippen LogP contribution is 2.76. The van der Waals surface area contributed by atoms with Gasteiger partial charge in [-0.25, -0.2) is 0 Å². The first kappa shape index (κ1) is 84.3. The lowest BCUT2D eigenvalue weighted by Gasteiger charge is -2.71. The van der Waals surface area contributed by atoms with Crippen molar-refractivity contribution in [1.82, 2.24) is 0 Å². The fourth-order valence-corrected chi connectivity index (χ4v) is 20.5. The molecule has 0 bridgehead atoms. The molecule has 0 unspecified atom stereocenters. The second-order valence-electron chi connectivity index (χ2n) is 34.1. The van der Waals surface area contributed by atoms with E-state index in [2.05, 4.69) is 40.7 Å². The van der Waals surface area contributed by atoms with Crippen LogP contribution in [0.25, 0.3) is 0 Å². The third-order valence-corrected chi connectivity index (χ3v) is 27.4. The zero-order chi connectivity index (χ0) is 78.0. The Balaban J connectivity index is 0.753. The van der Waals surface area contributed by atoms with Gasteiger partial charge in [-0.05, 0) is 117 Å². The molecule has 11 fully saturated rings. The molecule has 7 aliphatic heterocycles. The van der Waals surface area contributed by atoms with Crippen LogP contribution in [0.4, 0.5) is 0 Å². The SMILES string of the molecule is C[C@@H]1O[C@@H](O[C@H]2[C@H](O)[C@@H](O)[C@H](OC[C@H]3O[C@@H](OC(=O)[C@]45CCC(C)(C)C[C@H]4C4=CC[C@@H]6[C@@]7(C)CC[C@H](O[C@@H]8OC[C@H](O[C@@H]9O[C@H](CO)[C@@H](O)[C@H](O)[C@H]9O)[C@H](O)[C@H]8O[C@@H]8O[C@@H](C)[C@H](O)[C@@H](O[C@@H]9O[C@H](CO)[C@@H](O)[C@@H](O)[C@H]9O)[C@H]8O)[C@@](C)(CO)[C@@H]7CC[C@@]6(C)[C@]4(C)CC5)[C@H](O)[C@@H](O)[C@@H]3O)O[C@@H]2CO)[C@H](O)[C@H](O)[C@H]1O. The number of hydrogen-bond acceptors (Lipinski definition) is 36. The van der Waals surface area contributed by atoms with Gasteiger partial charge in [0.15, 0.2) is 37.7 Å². The molecule has 7 heterocycles. The molecular formula is C71H116O36. The van der Waals surface area contributed by atoms with Gasteiger partial charge in [0.2, 0.25) is 6.29 Å². The monoisotopic (exact) mass is 1540 g/mol. The quantitative estimate of drug-likeness (QED) is 0.0325. The smallest absolute Gasteiger partial charge is 0.315 e. The molecule has 7 saturated heterocycles. The van der Waals surface area contributed by atoms with E-state index in [0.29, 0.717) is 64.2 Å². The van der Waals surface area contributed by atoms with Crippen LogP contribution < -0.4 is 0 Å². The van der Waals surface area contributed by atoms with Gasteiger partial charge in [0.1, 0.15) is 153 Å². The largest absolute Gasteiger partial charge is 0.432 e. The zero-order valence-electron chi connectivity index (χ0n) is 61.3. The van der Waals surface area contributed by atoms with Crippen LogP contribution in [0.3, 0.4) is 0 Å². The highest BCUT2D eigenvalue weighted by molar-refractivity contribution is 5.79. The minimum atomic E-state index is -2.01. The summed E-state index contributed by atoms with van der Waals surface area (Å²) >= 11 is 0. The Morgan fingerprint density at radius 1 is 0.449 bits per heavy atom. The van der Waals surface area contributed by atoms with Gasteiger partial charge in [-0.15, -0.1) is 0 Å². The summed E-state index contributed by atoms with van der Waals surface area (Å²) in [4.78, 5) is 15.4. The van der Waals surface area contributed by atoms with Gasteiger partial charge in [0.05, 0.1) is 63.4 Å². The van der Waals surface area contributed by atoms with E-state index in [-0.39, 0.29) is 29.8 Å². The lowest BCUT2D eigenvalue weighted by molar-refractivity contribution is -0.391. The van der Waals surface area contributed by atoms with Crippen molar-refractivity contribution in [1.29, 1.82) is 0 Å². The summed E-state index contributed by atoms with van der Waals surface area (Å²) in [6.45, 7) is 11.8. The average Bonchev–Trinajstić information content (AvgIpc) is 0.673. The average molecular weight is 1550 g/mol. The number of rotatable bonds is 19. The van der Waals surface area contributed by atoms with E-state index in [4.69, 9.17) is 66.3 Å². The number of carbonyl (C=O) groups is 1. The maximum Gasteiger partial charge on any atom is 0.315 e. The molecule has 107 heavy (non-hydrogen) atoms. The molecule has 0 radical (unpaired) electrons. The fraction of sp³-hybridized carbons (Fsp3) is 0.958. The Morgan fingerprint density at radius 2 is 0.953 bits per heavy atom. The predicted octanol–water partition coefficient (Wildman–Crippen LogP) is -6.90. The number of ether oxygens (including phenoxy) is 14. The topological polar surface area (TPSA) is 571 Å². The summed E-state index contributed by atoms with van der Waals surface area (Å²) in [5.74, 6) is -1.31. The van der Waals surface area contributed by atoms with Crippen LogP contribution in [0.1, 0.15) is 120 Å². The van der Waals surface area contributed by atoms with Crippen LogP contribution in [-0.2, 0) is 71.1 Å². The molecule has 12 rings (SSSR count). The minimum absolute atomic E-state index is 0.0135. The zero-order valence-corrected chi connectivity index (χ0v) is 61.3. The Bertz CT molecular complexity index is 3030. The second kappa shape index (κ2) is 32.1. The van der Waals surface area contributed by atoms with Gasteiger partial charge in [-0.2, -0.15) is 0 Å². The number of carbonyl (C=O) groups excluding carboxylic acids is 1. The molecule has 5 aliphatic carbocycles. The van der Waals surface area contributed by atoms with Crippen LogP contribution in [0.15, 0.2) is 11.6 Å². The third kappa shape index (κ3) is 14.8. The molecule has 0 amide bonds. The highest BCUT2D eigenvalue weighted by Gasteiger charge is 2.71. The van der Waals surface area contributed by atoms with Crippen molar-refractivity contribution < 1.29 is 178 Å². The first-order valence-electron chi connectivity index (χ1n) is 37.7. The molecule has 36 nitrogen and oxygen atoms in total. The Hall–Kier alpha value is -2.15. The van der Waals surface area contributed by atoms with Gasteiger partial charge in [-0.3, -0.25) is 4.79 Å². The van der Waals surface area contributed by atoms with Crippen molar-refractivity contribution in [2.45, 2.75) is 335 Å². The van der Waals surface area contributed by atoms with E-state index < -0.39 is 281 Å². The van der Waals surface area contributed by atoms with Gasteiger partial charge >= 0.3 is 5.97 Å². The van der Waals surface area contributed by atoms with Crippen LogP contribution >= 0.6 is 0 Å². The van der Waals surface area contributed by atoms with Crippen LogP contribution in [-0.4, -0.2) is 368 Å². The molecule has 616 valence electrons. The lowest BCUT2D eigenvalue weighted by atomic mass is 9.33. The van der Waals surface area contributed by atoms with E-state index in [1.54, 1.807) is 0 Å². The first-order valence-corrected chi connectivity index (χ1v) is 37.7. The van der Waals surface area contributed by atoms with Crippen LogP contribution in [0.2, 0.25) is 0 Å². The van der Waals surface area contributed by atoms with Crippen LogP contribution in [0.5, 0.6) is 0 Å². The summed E-state index contributed by atoms with van der Waals surface area (Å²) in [6, 6.07) is 0. The molecule has 36 heteroatoms. The van der Waals surface area contributed by atoms with Gasteiger partial charge < -0.3 is 174 Å². The van der Waals surface area contributed by atoms with Crippen molar-refractivity contribution in [3.63, 3.8) is 0 Å². The number of aliphatic hydroxyl groups is 21. The number of aliphatic hydroxyl groups excluding tert-OH is 21. The standard InChI is InChI=1S/C71H116O36/c1-26-38(76)44(82)49(87)59(96-26)104-55-32(22-74)100-58(53(91)48(55)86)94-23-33-42(80)47(85)52(90)62(101-33)107-65(93)71-17-15-66(3,4)19-29(71)28-9-10-36-67(5)13-12-37(68(6,25-75)35(67)11-14-70(36,8)69(28,7)16-18-71)103-64-57(43(81)34(24-95-64)102-60-50(88)45(83)40(78)30(20-72)98-60)106-63-54(92)56(39(77)27(2)97-63)105-61-51(89)46(84)41(79)31(21-73)99-61/h9,26-27,29-64,72-92H,10-25H2,1-8H3/t26-,27-,29-,30+,31+,32+,33+,34-,35+,36+,37-,38-,39-,40+,41+,42+,43-,44+,45-,46+,47-,48+,49+,50+,51+,52+,53+,54+,55+,56+,57+,58+,59-,60-,61-,62-,63-,64-,67-,68-,69+,70+,71-/m0/s1. The summed E-state index contributed by atoms with van der Waals surface area (Å²) in [5, 5.41) is 230. The Labute approximate surface area is 618 Å². The predicted molar refractivity (Wildman–Crippen MR) is 353 cm³/mol. The van der Waals surface area contributed by atoms with E-state index in [1.165, 1.54) is 13.8 Å².